The van der Waals surface area contributed by atoms with Crippen molar-refractivity contribution in [3.63, 3.8) is 0 Å². The lowest BCUT2D eigenvalue weighted by Gasteiger charge is -2.26. The van der Waals surface area contributed by atoms with Crippen molar-refractivity contribution in [3.05, 3.63) is 47.3 Å². The van der Waals surface area contributed by atoms with Gasteiger partial charge in [0.1, 0.15) is 18.8 Å². The summed E-state index contributed by atoms with van der Waals surface area (Å²) in [7, 11) is -2.27. The van der Waals surface area contributed by atoms with Crippen molar-refractivity contribution in [3.8, 4) is 0 Å². The van der Waals surface area contributed by atoms with E-state index in [0.29, 0.717) is 11.4 Å². The molecule has 1 fully saturated rings. The zero-order valence-electron chi connectivity index (χ0n) is 16.1. The molecule has 2 aromatic rings. The van der Waals surface area contributed by atoms with E-state index in [9.17, 15) is 18.0 Å². The number of hydrogen-bond donors (Lipinski definition) is 0. The van der Waals surface area contributed by atoms with Crippen molar-refractivity contribution in [2.45, 2.75) is 19.9 Å². The predicted molar refractivity (Wildman–Crippen MR) is 102 cm³/mol. The molecule has 1 saturated heterocycles. The molecule has 3 rings (SSSR count). The molecule has 1 aromatic carbocycles. The van der Waals surface area contributed by atoms with Gasteiger partial charge in [-0.1, -0.05) is 30.3 Å². The summed E-state index contributed by atoms with van der Waals surface area (Å²) in [6.07, 6.45) is 0.295. The maximum Gasteiger partial charge on any atom is 0.410 e. The number of carbonyl (C=O) groups excluding carboxylic acids is 2. The normalized spacial score (nSPS) is 16.9. The number of hydrogen-bond acceptors (Lipinski definition) is 6. The van der Waals surface area contributed by atoms with Gasteiger partial charge < -0.3 is 4.74 Å². The maximum absolute atomic E-state index is 13.0. The van der Waals surface area contributed by atoms with Crippen molar-refractivity contribution < 1.29 is 22.7 Å². The first kappa shape index (κ1) is 19.9. The van der Waals surface area contributed by atoms with Crippen LogP contribution in [0.15, 0.2) is 30.3 Å². The lowest BCUT2D eigenvalue weighted by molar-refractivity contribution is -0.118. The number of sulfonamides is 1. The molecule has 10 heteroatoms. The molecular formula is C18H22N4O5S. The van der Waals surface area contributed by atoms with Gasteiger partial charge in [0.2, 0.25) is 10.0 Å². The van der Waals surface area contributed by atoms with Gasteiger partial charge in [0.25, 0.3) is 5.91 Å². The van der Waals surface area contributed by atoms with E-state index in [1.54, 1.807) is 20.9 Å². The van der Waals surface area contributed by atoms with Crippen molar-refractivity contribution in [2.24, 2.45) is 7.05 Å². The van der Waals surface area contributed by atoms with Gasteiger partial charge in [-0.2, -0.15) is 5.10 Å². The molecular weight excluding hydrogens is 384 g/mol. The number of nitrogens with zero attached hydrogens (tertiary/aromatic N) is 4. The molecule has 1 aromatic heterocycles. The van der Waals surface area contributed by atoms with Gasteiger partial charge >= 0.3 is 6.09 Å². The van der Waals surface area contributed by atoms with E-state index in [1.807, 2.05) is 30.3 Å². The van der Waals surface area contributed by atoms with Gasteiger partial charge in [-0.15, -0.1) is 0 Å². The number of amides is 2. The van der Waals surface area contributed by atoms with Crippen LogP contribution in [0.25, 0.3) is 0 Å². The van der Waals surface area contributed by atoms with Crippen LogP contribution in [0.4, 0.5) is 10.5 Å². The van der Waals surface area contributed by atoms with Crippen LogP contribution in [0.2, 0.25) is 0 Å². The Morgan fingerprint density at radius 1 is 1.29 bits per heavy atom. The molecule has 0 aliphatic carbocycles. The van der Waals surface area contributed by atoms with Crippen LogP contribution in [0, 0.1) is 13.8 Å². The van der Waals surface area contributed by atoms with Gasteiger partial charge in [-0.25, -0.2) is 17.5 Å². The minimum atomic E-state index is -3.94. The predicted octanol–water partition coefficient (Wildman–Crippen LogP) is 1.52. The van der Waals surface area contributed by atoms with Crippen LogP contribution in [0.3, 0.4) is 0 Å². The lowest BCUT2D eigenvalue weighted by atomic mass is 10.1. The zero-order valence-corrected chi connectivity index (χ0v) is 16.9. The van der Waals surface area contributed by atoms with E-state index in [0.717, 1.165) is 16.1 Å². The van der Waals surface area contributed by atoms with E-state index in [-0.39, 0.29) is 12.3 Å². The number of carbonyl (C=O) groups is 2. The highest BCUT2D eigenvalue weighted by atomic mass is 32.2. The van der Waals surface area contributed by atoms with Gasteiger partial charge in [0.15, 0.2) is 0 Å². The van der Waals surface area contributed by atoms with Crippen LogP contribution in [0.5, 0.6) is 0 Å². The topological polar surface area (TPSA) is 102 Å². The Labute approximate surface area is 163 Å². The number of anilines is 1. The van der Waals surface area contributed by atoms with E-state index in [2.05, 4.69) is 5.10 Å². The molecule has 1 aliphatic rings. The summed E-state index contributed by atoms with van der Waals surface area (Å²) in [4.78, 5) is 26.5. The van der Waals surface area contributed by atoms with Gasteiger partial charge in [-0.3, -0.25) is 14.4 Å². The van der Waals surface area contributed by atoms with Crippen molar-refractivity contribution in [1.29, 1.82) is 0 Å². The highest BCUT2D eigenvalue weighted by Crippen LogP contribution is 2.30. The van der Waals surface area contributed by atoms with Crippen LogP contribution in [-0.2, 0) is 26.6 Å². The molecule has 0 radical (unpaired) electrons. The molecule has 1 atom stereocenters. The van der Waals surface area contributed by atoms with E-state index in [1.165, 1.54) is 9.58 Å². The summed E-state index contributed by atoms with van der Waals surface area (Å²) >= 11 is 0. The smallest absolute Gasteiger partial charge is 0.410 e. The molecule has 1 unspecified atom stereocenters. The third kappa shape index (κ3) is 3.59. The quantitative estimate of drug-likeness (QED) is 0.746. The molecule has 0 bridgehead atoms. The summed E-state index contributed by atoms with van der Waals surface area (Å²) in [5.41, 5.74) is 1.95. The minimum Gasteiger partial charge on any atom is -0.447 e. The van der Waals surface area contributed by atoms with Gasteiger partial charge in [0, 0.05) is 7.05 Å². The third-order valence-corrected chi connectivity index (χ3v) is 5.75. The fraction of sp³-hybridized carbons (Fsp3) is 0.389. The van der Waals surface area contributed by atoms with Crippen LogP contribution in [-0.4, -0.2) is 54.5 Å². The molecule has 0 spiro atoms. The first-order valence-corrected chi connectivity index (χ1v) is 10.5. The molecule has 0 N–H and O–H groups in total. The number of ether oxygens (including phenoxy) is 1. The SMILES string of the molecule is Cc1nn(C)c(C)c1N(C(=O)CN1C(=O)OCC1c1ccccc1)S(C)(=O)=O. The molecule has 2 heterocycles. The molecule has 2 amide bonds. The molecule has 9 nitrogen and oxygen atoms in total. The first-order chi connectivity index (χ1) is 13.1. The second-order valence-electron chi connectivity index (χ2n) is 6.70. The van der Waals surface area contributed by atoms with Crippen molar-refractivity contribution in [2.75, 3.05) is 23.7 Å². The monoisotopic (exact) mass is 406 g/mol. The summed E-state index contributed by atoms with van der Waals surface area (Å²) in [6, 6.07) is 8.68. The third-order valence-electron chi connectivity index (χ3n) is 4.70. The number of aryl methyl sites for hydroxylation is 2. The fourth-order valence-corrected chi connectivity index (χ4v) is 4.34. The van der Waals surface area contributed by atoms with Crippen LogP contribution >= 0.6 is 0 Å². The average molecular weight is 406 g/mol. The number of aromatic nitrogens is 2. The highest BCUT2D eigenvalue weighted by Gasteiger charge is 2.39. The van der Waals surface area contributed by atoms with Crippen molar-refractivity contribution in [1.82, 2.24) is 14.7 Å². The van der Waals surface area contributed by atoms with Crippen LogP contribution < -0.4 is 4.31 Å². The maximum atomic E-state index is 13.0. The standard InChI is InChI=1S/C18H22N4O5S/c1-12-17(13(2)20(3)19-12)22(28(4,25)26)16(23)10-21-15(11-27-18(21)24)14-8-6-5-7-9-14/h5-9,15H,10-11H2,1-4H3. The molecule has 1 aliphatic heterocycles. The largest absolute Gasteiger partial charge is 0.447 e. The Hall–Kier alpha value is -2.88. The Morgan fingerprint density at radius 2 is 1.93 bits per heavy atom. The summed E-state index contributed by atoms with van der Waals surface area (Å²) in [5, 5.41) is 4.19. The summed E-state index contributed by atoms with van der Waals surface area (Å²) in [5.74, 6) is -0.749. The second kappa shape index (κ2) is 7.27. The van der Waals surface area contributed by atoms with Crippen LogP contribution in [0.1, 0.15) is 23.0 Å². The Bertz CT molecular complexity index is 1020. The lowest BCUT2D eigenvalue weighted by Crippen LogP contribution is -2.44. The highest BCUT2D eigenvalue weighted by molar-refractivity contribution is 7.92. The Morgan fingerprint density at radius 3 is 2.46 bits per heavy atom. The number of benzene rings is 1. The second-order valence-corrected chi connectivity index (χ2v) is 8.53. The first-order valence-electron chi connectivity index (χ1n) is 8.63. The minimum absolute atomic E-state index is 0.0972. The Kier molecular flexibility index (Phi) is 5.16. The fourth-order valence-electron chi connectivity index (χ4n) is 3.32. The molecule has 28 heavy (non-hydrogen) atoms. The van der Waals surface area contributed by atoms with Gasteiger partial charge in [0.05, 0.1) is 23.7 Å². The number of rotatable bonds is 5. The van der Waals surface area contributed by atoms with Gasteiger partial charge in [-0.05, 0) is 19.4 Å². The Balaban J connectivity index is 1.95. The zero-order chi connectivity index (χ0) is 20.6. The van der Waals surface area contributed by atoms with E-state index < -0.39 is 34.6 Å². The van der Waals surface area contributed by atoms with E-state index in [4.69, 9.17) is 4.74 Å². The average Bonchev–Trinajstić information content (AvgIpc) is 3.09. The summed E-state index contributed by atoms with van der Waals surface area (Å²) < 4.78 is 32.2. The summed E-state index contributed by atoms with van der Waals surface area (Å²) in [6.45, 7) is 2.97. The molecule has 150 valence electrons. The van der Waals surface area contributed by atoms with Crippen molar-refractivity contribution >= 4 is 27.7 Å². The van der Waals surface area contributed by atoms with E-state index >= 15 is 0 Å². The molecule has 0 saturated carbocycles. The number of cyclic esters (lactones) is 1.